The zero-order valence-electron chi connectivity index (χ0n) is 7.59. The standard InChI is InChI=1S/C10H17NO/c1-2-7-3-8-5-10(12,6-11)9(8)4-7/h4,8-9,12H,2-3,5-6,11H2,1H3/t8-,9-,10?/m1/s1. The second kappa shape index (κ2) is 2.57. The Morgan fingerprint density at radius 2 is 2.50 bits per heavy atom. The Balaban J connectivity index is 2.09. The molecule has 0 aromatic heterocycles. The zero-order chi connectivity index (χ0) is 8.77. The molecule has 1 fully saturated rings. The molecule has 0 aromatic rings. The van der Waals surface area contributed by atoms with Crippen molar-refractivity contribution in [2.45, 2.75) is 31.8 Å². The lowest BCUT2D eigenvalue weighted by Gasteiger charge is -2.47. The number of fused-ring (bicyclic) bond motifs is 1. The maximum atomic E-state index is 9.93. The van der Waals surface area contributed by atoms with Crippen molar-refractivity contribution in [1.29, 1.82) is 0 Å². The van der Waals surface area contributed by atoms with Gasteiger partial charge >= 0.3 is 0 Å². The summed E-state index contributed by atoms with van der Waals surface area (Å²) in [6.07, 6.45) is 5.49. The third-order valence-electron chi connectivity index (χ3n) is 3.49. The maximum absolute atomic E-state index is 9.93. The van der Waals surface area contributed by atoms with Crippen LogP contribution in [0.25, 0.3) is 0 Å². The van der Waals surface area contributed by atoms with Gasteiger partial charge in [0.1, 0.15) is 0 Å². The summed E-state index contributed by atoms with van der Waals surface area (Å²) < 4.78 is 0. The molecule has 12 heavy (non-hydrogen) atoms. The fourth-order valence-electron chi connectivity index (χ4n) is 2.63. The molecule has 68 valence electrons. The van der Waals surface area contributed by atoms with Crippen LogP contribution in [0.4, 0.5) is 0 Å². The summed E-state index contributed by atoms with van der Waals surface area (Å²) in [6.45, 7) is 2.60. The first kappa shape index (κ1) is 8.27. The Labute approximate surface area is 73.5 Å². The SMILES string of the molecule is CCC1=C[C@@H]2[C@H](C1)CC2(O)CN. The van der Waals surface area contributed by atoms with Gasteiger partial charge in [0.25, 0.3) is 0 Å². The van der Waals surface area contributed by atoms with E-state index in [0.29, 0.717) is 18.4 Å². The number of aliphatic hydroxyl groups is 1. The van der Waals surface area contributed by atoms with Crippen molar-refractivity contribution in [1.82, 2.24) is 0 Å². The zero-order valence-corrected chi connectivity index (χ0v) is 7.59. The molecule has 2 aliphatic carbocycles. The van der Waals surface area contributed by atoms with Crippen molar-refractivity contribution in [2.24, 2.45) is 17.6 Å². The lowest BCUT2D eigenvalue weighted by molar-refractivity contribution is -0.102. The molecule has 2 aliphatic rings. The summed E-state index contributed by atoms with van der Waals surface area (Å²) >= 11 is 0. The van der Waals surface area contributed by atoms with Crippen molar-refractivity contribution in [3.05, 3.63) is 11.6 Å². The first-order valence-electron chi connectivity index (χ1n) is 4.81. The molecule has 3 N–H and O–H groups in total. The number of allylic oxidation sites excluding steroid dienone is 1. The predicted molar refractivity (Wildman–Crippen MR) is 48.6 cm³/mol. The minimum absolute atomic E-state index is 0.373. The Bertz CT molecular complexity index is 224. The fourth-order valence-corrected chi connectivity index (χ4v) is 2.63. The van der Waals surface area contributed by atoms with E-state index in [4.69, 9.17) is 5.73 Å². The summed E-state index contributed by atoms with van der Waals surface area (Å²) in [5, 5.41) is 9.93. The maximum Gasteiger partial charge on any atom is 0.0837 e. The van der Waals surface area contributed by atoms with Crippen LogP contribution in [-0.4, -0.2) is 17.3 Å². The largest absolute Gasteiger partial charge is 0.388 e. The fraction of sp³-hybridized carbons (Fsp3) is 0.800. The van der Waals surface area contributed by atoms with E-state index in [1.54, 1.807) is 0 Å². The normalized spacial score (nSPS) is 45.1. The quantitative estimate of drug-likeness (QED) is 0.604. The molecule has 0 heterocycles. The Hall–Kier alpha value is -0.340. The van der Waals surface area contributed by atoms with Gasteiger partial charge in [0, 0.05) is 12.5 Å². The van der Waals surface area contributed by atoms with E-state index >= 15 is 0 Å². The van der Waals surface area contributed by atoms with E-state index in [0.717, 1.165) is 12.8 Å². The van der Waals surface area contributed by atoms with E-state index in [-0.39, 0.29) is 0 Å². The molecule has 0 amide bonds. The number of rotatable bonds is 2. The van der Waals surface area contributed by atoms with Crippen molar-refractivity contribution in [2.75, 3.05) is 6.54 Å². The van der Waals surface area contributed by atoms with Gasteiger partial charge in [-0.1, -0.05) is 18.6 Å². The first-order valence-corrected chi connectivity index (χ1v) is 4.81. The van der Waals surface area contributed by atoms with Gasteiger partial charge < -0.3 is 10.8 Å². The molecule has 1 saturated carbocycles. The molecule has 2 rings (SSSR count). The summed E-state index contributed by atoms with van der Waals surface area (Å²) in [7, 11) is 0. The van der Waals surface area contributed by atoms with E-state index in [9.17, 15) is 5.11 Å². The molecule has 0 aliphatic heterocycles. The van der Waals surface area contributed by atoms with Crippen LogP contribution < -0.4 is 5.73 Å². The van der Waals surface area contributed by atoms with E-state index in [2.05, 4.69) is 13.0 Å². The average Bonchev–Trinajstić information content (AvgIpc) is 2.42. The summed E-state index contributed by atoms with van der Waals surface area (Å²) in [5.41, 5.74) is 6.49. The van der Waals surface area contributed by atoms with E-state index < -0.39 is 5.60 Å². The van der Waals surface area contributed by atoms with Crippen molar-refractivity contribution in [3.63, 3.8) is 0 Å². The minimum atomic E-state index is -0.554. The monoisotopic (exact) mass is 167 g/mol. The van der Waals surface area contributed by atoms with Crippen LogP contribution in [0.2, 0.25) is 0 Å². The highest BCUT2D eigenvalue weighted by Crippen LogP contribution is 2.52. The van der Waals surface area contributed by atoms with Crippen LogP contribution >= 0.6 is 0 Å². The minimum Gasteiger partial charge on any atom is -0.388 e. The Morgan fingerprint density at radius 3 is 3.08 bits per heavy atom. The van der Waals surface area contributed by atoms with Crippen molar-refractivity contribution in [3.8, 4) is 0 Å². The van der Waals surface area contributed by atoms with Gasteiger partial charge in [0.15, 0.2) is 0 Å². The Kier molecular flexibility index (Phi) is 1.77. The molecular formula is C10H17NO. The van der Waals surface area contributed by atoms with Crippen LogP contribution in [0, 0.1) is 11.8 Å². The average molecular weight is 167 g/mol. The summed E-state index contributed by atoms with van der Waals surface area (Å²) in [6, 6.07) is 0. The highest BCUT2D eigenvalue weighted by Gasteiger charge is 2.52. The molecule has 0 saturated heterocycles. The predicted octanol–water partition coefficient (Wildman–Crippen LogP) is 1.05. The molecule has 3 atom stereocenters. The smallest absolute Gasteiger partial charge is 0.0837 e. The third-order valence-corrected chi connectivity index (χ3v) is 3.49. The highest BCUT2D eigenvalue weighted by atomic mass is 16.3. The van der Waals surface area contributed by atoms with Crippen LogP contribution in [0.3, 0.4) is 0 Å². The van der Waals surface area contributed by atoms with E-state index in [1.807, 2.05) is 0 Å². The second-order valence-electron chi connectivity index (χ2n) is 4.18. The van der Waals surface area contributed by atoms with Gasteiger partial charge in [-0.15, -0.1) is 0 Å². The Morgan fingerprint density at radius 1 is 1.75 bits per heavy atom. The van der Waals surface area contributed by atoms with Gasteiger partial charge in [0.05, 0.1) is 5.60 Å². The van der Waals surface area contributed by atoms with Crippen LogP contribution in [0.15, 0.2) is 11.6 Å². The molecule has 0 radical (unpaired) electrons. The van der Waals surface area contributed by atoms with Crippen LogP contribution in [-0.2, 0) is 0 Å². The van der Waals surface area contributed by atoms with Gasteiger partial charge in [-0.05, 0) is 25.2 Å². The molecule has 1 unspecified atom stereocenters. The van der Waals surface area contributed by atoms with Gasteiger partial charge in [-0.25, -0.2) is 0 Å². The summed E-state index contributed by atoms with van der Waals surface area (Å²) in [5.74, 6) is 1.07. The highest BCUT2D eigenvalue weighted by molar-refractivity contribution is 5.24. The number of nitrogens with two attached hydrogens (primary N) is 1. The summed E-state index contributed by atoms with van der Waals surface area (Å²) in [4.78, 5) is 0. The van der Waals surface area contributed by atoms with Gasteiger partial charge in [0.2, 0.25) is 0 Å². The lowest BCUT2D eigenvalue weighted by Crippen LogP contribution is -2.56. The lowest BCUT2D eigenvalue weighted by atomic mass is 9.63. The van der Waals surface area contributed by atoms with Crippen molar-refractivity contribution >= 4 is 0 Å². The number of hydrogen-bond donors (Lipinski definition) is 2. The molecule has 2 heteroatoms. The van der Waals surface area contributed by atoms with E-state index in [1.165, 1.54) is 12.0 Å². The molecule has 0 aromatic carbocycles. The van der Waals surface area contributed by atoms with Crippen LogP contribution in [0.5, 0.6) is 0 Å². The molecule has 0 spiro atoms. The van der Waals surface area contributed by atoms with Gasteiger partial charge in [-0.2, -0.15) is 0 Å². The number of hydrogen-bond acceptors (Lipinski definition) is 2. The van der Waals surface area contributed by atoms with Gasteiger partial charge in [-0.3, -0.25) is 0 Å². The molecular weight excluding hydrogens is 150 g/mol. The topological polar surface area (TPSA) is 46.2 Å². The molecule has 0 bridgehead atoms. The van der Waals surface area contributed by atoms with Crippen molar-refractivity contribution < 1.29 is 5.11 Å². The second-order valence-corrected chi connectivity index (χ2v) is 4.18. The first-order chi connectivity index (χ1) is 5.69. The third kappa shape index (κ3) is 0.947. The van der Waals surface area contributed by atoms with Crippen LogP contribution in [0.1, 0.15) is 26.2 Å². The molecule has 2 nitrogen and oxygen atoms in total.